The van der Waals surface area contributed by atoms with Crippen LogP contribution in [0.2, 0.25) is 0 Å². The van der Waals surface area contributed by atoms with E-state index in [2.05, 4.69) is 21.1 Å². The van der Waals surface area contributed by atoms with E-state index in [0.29, 0.717) is 10.5 Å². The molecule has 1 aliphatic rings. The van der Waals surface area contributed by atoms with Crippen LogP contribution in [-0.2, 0) is 6.61 Å². The van der Waals surface area contributed by atoms with Crippen molar-refractivity contribution < 1.29 is 9.63 Å². The molecule has 66 valence electrons. The molecule has 1 aliphatic carbocycles. The summed E-state index contributed by atoms with van der Waals surface area (Å²) in [6.45, 7) is 0.00984. The normalized spacial score (nSPS) is 17.8. The maximum Gasteiger partial charge on any atom is 0.155 e. The molecular formula is C8H10BrNO2. The van der Waals surface area contributed by atoms with Crippen LogP contribution in [0.5, 0.6) is 0 Å². The van der Waals surface area contributed by atoms with E-state index in [9.17, 15) is 0 Å². The Morgan fingerprint density at radius 2 is 2.33 bits per heavy atom. The summed E-state index contributed by atoms with van der Waals surface area (Å²) in [5, 5.41) is 12.8. The maximum absolute atomic E-state index is 9.03. The number of aromatic nitrogens is 1. The largest absolute Gasteiger partial charge is 0.391 e. The molecule has 0 aliphatic heterocycles. The van der Waals surface area contributed by atoms with Gasteiger partial charge < -0.3 is 9.63 Å². The second kappa shape index (κ2) is 3.18. The zero-order valence-corrected chi connectivity index (χ0v) is 8.17. The molecule has 0 saturated heterocycles. The minimum Gasteiger partial charge on any atom is -0.391 e. The van der Waals surface area contributed by atoms with Crippen LogP contribution in [0.4, 0.5) is 0 Å². The van der Waals surface area contributed by atoms with E-state index >= 15 is 0 Å². The number of aliphatic hydroxyl groups excluding tert-OH is 1. The Labute approximate surface area is 78.9 Å². The third-order valence-corrected chi connectivity index (χ3v) is 3.03. The van der Waals surface area contributed by atoms with Gasteiger partial charge in [-0.15, -0.1) is 0 Å². The summed E-state index contributed by atoms with van der Waals surface area (Å²) in [4.78, 5) is 0. The molecular weight excluding hydrogens is 222 g/mol. The van der Waals surface area contributed by atoms with Crippen molar-refractivity contribution in [1.29, 1.82) is 0 Å². The summed E-state index contributed by atoms with van der Waals surface area (Å²) in [5.41, 5.74) is 0.819. The number of aliphatic hydroxyl groups is 1. The van der Waals surface area contributed by atoms with Crippen molar-refractivity contribution in [2.75, 3.05) is 0 Å². The zero-order chi connectivity index (χ0) is 8.55. The van der Waals surface area contributed by atoms with Crippen LogP contribution in [0.1, 0.15) is 36.5 Å². The van der Waals surface area contributed by atoms with E-state index < -0.39 is 0 Å². The Hall–Kier alpha value is -0.350. The fraction of sp³-hybridized carbons (Fsp3) is 0.625. The fourth-order valence-corrected chi connectivity index (χ4v) is 1.83. The number of rotatable bonds is 2. The van der Waals surface area contributed by atoms with E-state index in [0.717, 1.165) is 24.2 Å². The molecule has 1 aromatic rings. The summed E-state index contributed by atoms with van der Waals surface area (Å²) >= 11 is 3.23. The standard InChI is InChI=1S/C8H10BrNO2/c9-8-6(4-11)7(12-10-8)5-2-1-3-5/h5,11H,1-4H2. The van der Waals surface area contributed by atoms with E-state index in [1.54, 1.807) is 0 Å². The third kappa shape index (κ3) is 1.19. The average Bonchev–Trinajstić information content (AvgIpc) is 2.29. The first-order chi connectivity index (χ1) is 5.83. The van der Waals surface area contributed by atoms with Crippen LogP contribution in [0.15, 0.2) is 9.13 Å². The molecule has 1 aromatic heterocycles. The van der Waals surface area contributed by atoms with Gasteiger partial charge in [-0.1, -0.05) is 11.6 Å². The van der Waals surface area contributed by atoms with Gasteiger partial charge in [0.1, 0.15) is 5.76 Å². The van der Waals surface area contributed by atoms with Crippen molar-refractivity contribution in [3.05, 3.63) is 15.9 Å². The molecule has 1 heterocycles. The van der Waals surface area contributed by atoms with E-state index in [1.807, 2.05) is 0 Å². The lowest BCUT2D eigenvalue weighted by atomic mass is 9.82. The highest BCUT2D eigenvalue weighted by atomic mass is 79.9. The zero-order valence-electron chi connectivity index (χ0n) is 6.59. The van der Waals surface area contributed by atoms with E-state index in [-0.39, 0.29) is 6.61 Å². The first-order valence-corrected chi connectivity index (χ1v) is 4.87. The van der Waals surface area contributed by atoms with Gasteiger partial charge in [0.15, 0.2) is 4.60 Å². The number of hydrogen-bond donors (Lipinski definition) is 1. The highest BCUT2D eigenvalue weighted by molar-refractivity contribution is 9.10. The number of nitrogens with zero attached hydrogens (tertiary/aromatic N) is 1. The molecule has 3 nitrogen and oxygen atoms in total. The van der Waals surface area contributed by atoms with Gasteiger partial charge in [-0.05, 0) is 28.8 Å². The van der Waals surface area contributed by atoms with E-state index in [1.165, 1.54) is 6.42 Å². The molecule has 1 fully saturated rings. The molecule has 0 spiro atoms. The highest BCUT2D eigenvalue weighted by Gasteiger charge is 2.27. The SMILES string of the molecule is OCc1c(Br)noc1C1CCC1. The maximum atomic E-state index is 9.03. The van der Waals surface area contributed by atoms with Gasteiger partial charge in [-0.3, -0.25) is 0 Å². The Bertz CT molecular complexity index is 281. The van der Waals surface area contributed by atoms with Crippen LogP contribution in [0, 0.1) is 0 Å². The molecule has 0 aromatic carbocycles. The first-order valence-electron chi connectivity index (χ1n) is 4.07. The van der Waals surface area contributed by atoms with Crippen molar-refractivity contribution in [3.8, 4) is 0 Å². The summed E-state index contributed by atoms with van der Waals surface area (Å²) in [7, 11) is 0. The molecule has 0 amide bonds. The molecule has 0 bridgehead atoms. The van der Waals surface area contributed by atoms with Crippen LogP contribution >= 0.6 is 15.9 Å². The lowest BCUT2D eigenvalue weighted by Gasteiger charge is -2.22. The topological polar surface area (TPSA) is 46.3 Å². The smallest absolute Gasteiger partial charge is 0.155 e. The van der Waals surface area contributed by atoms with Crippen molar-refractivity contribution in [1.82, 2.24) is 5.16 Å². The highest BCUT2D eigenvalue weighted by Crippen LogP contribution is 2.39. The minimum absolute atomic E-state index is 0.00984. The predicted octanol–water partition coefficient (Wildman–Crippen LogP) is 2.20. The molecule has 0 unspecified atom stereocenters. The van der Waals surface area contributed by atoms with Crippen LogP contribution in [-0.4, -0.2) is 10.3 Å². The quantitative estimate of drug-likeness (QED) is 0.850. The molecule has 0 radical (unpaired) electrons. The minimum atomic E-state index is 0.00984. The Morgan fingerprint density at radius 3 is 2.83 bits per heavy atom. The molecule has 12 heavy (non-hydrogen) atoms. The van der Waals surface area contributed by atoms with Crippen LogP contribution < -0.4 is 0 Å². The Morgan fingerprint density at radius 1 is 1.58 bits per heavy atom. The molecule has 1 saturated carbocycles. The van der Waals surface area contributed by atoms with Crippen molar-refractivity contribution >= 4 is 15.9 Å². The summed E-state index contributed by atoms with van der Waals surface area (Å²) < 4.78 is 5.78. The number of hydrogen-bond acceptors (Lipinski definition) is 3. The second-order valence-corrected chi connectivity index (χ2v) is 3.85. The molecule has 2 rings (SSSR count). The van der Waals surface area contributed by atoms with Gasteiger partial charge in [0, 0.05) is 5.92 Å². The molecule has 0 atom stereocenters. The average molecular weight is 232 g/mol. The summed E-state index contributed by atoms with van der Waals surface area (Å²) in [5.74, 6) is 1.36. The predicted molar refractivity (Wildman–Crippen MR) is 46.7 cm³/mol. The lowest BCUT2D eigenvalue weighted by molar-refractivity contribution is 0.262. The van der Waals surface area contributed by atoms with Gasteiger partial charge in [0.2, 0.25) is 0 Å². The van der Waals surface area contributed by atoms with Gasteiger partial charge >= 0.3 is 0 Å². The summed E-state index contributed by atoms with van der Waals surface area (Å²) in [6, 6.07) is 0. The molecule has 1 N–H and O–H groups in total. The van der Waals surface area contributed by atoms with Gasteiger partial charge in [0.05, 0.1) is 12.2 Å². The first kappa shape index (κ1) is 8.26. The third-order valence-electron chi connectivity index (χ3n) is 2.40. The van der Waals surface area contributed by atoms with Gasteiger partial charge in [0.25, 0.3) is 0 Å². The van der Waals surface area contributed by atoms with E-state index in [4.69, 9.17) is 9.63 Å². The number of halogens is 1. The van der Waals surface area contributed by atoms with Gasteiger partial charge in [-0.2, -0.15) is 0 Å². The van der Waals surface area contributed by atoms with Gasteiger partial charge in [-0.25, -0.2) is 0 Å². The van der Waals surface area contributed by atoms with Crippen LogP contribution in [0.3, 0.4) is 0 Å². The summed E-state index contributed by atoms with van der Waals surface area (Å²) in [6.07, 6.45) is 3.58. The molecule has 4 heteroatoms. The second-order valence-electron chi connectivity index (χ2n) is 3.10. The fourth-order valence-electron chi connectivity index (χ4n) is 1.44. The van der Waals surface area contributed by atoms with Crippen molar-refractivity contribution in [2.45, 2.75) is 31.8 Å². The lowest BCUT2D eigenvalue weighted by Crippen LogP contribution is -2.09. The van der Waals surface area contributed by atoms with Crippen molar-refractivity contribution in [3.63, 3.8) is 0 Å². The van der Waals surface area contributed by atoms with Crippen LogP contribution in [0.25, 0.3) is 0 Å². The van der Waals surface area contributed by atoms with Crippen molar-refractivity contribution in [2.24, 2.45) is 0 Å². The monoisotopic (exact) mass is 231 g/mol. The Balaban J connectivity index is 2.29. The Kier molecular flexibility index (Phi) is 2.19.